The van der Waals surface area contributed by atoms with Gasteiger partial charge in [0.15, 0.2) is 0 Å². The zero-order valence-corrected chi connectivity index (χ0v) is 21.1. The van der Waals surface area contributed by atoms with Crippen LogP contribution in [0.3, 0.4) is 0 Å². The lowest BCUT2D eigenvalue weighted by atomic mass is 9.81. The van der Waals surface area contributed by atoms with Crippen molar-refractivity contribution >= 4 is 29.3 Å². The number of methoxy groups -OCH3 is 1. The normalized spacial score (nSPS) is 23.1. The number of nitrogens with zero attached hydrogens (tertiary/aromatic N) is 1. The Labute approximate surface area is 218 Å². The maximum absolute atomic E-state index is 14.7. The fourth-order valence-corrected chi connectivity index (χ4v) is 4.73. The highest BCUT2D eigenvalue weighted by Crippen LogP contribution is 2.34. The molecule has 1 unspecified atom stereocenters. The summed E-state index contributed by atoms with van der Waals surface area (Å²) < 4.78 is 33.9. The van der Waals surface area contributed by atoms with Gasteiger partial charge in [-0.05, 0) is 62.8 Å². The number of nitrogens with two attached hydrogens (primary N) is 1. The van der Waals surface area contributed by atoms with E-state index in [4.69, 9.17) is 5.73 Å². The van der Waals surface area contributed by atoms with Crippen LogP contribution >= 0.6 is 0 Å². The number of carbonyl (C=O) groups is 3. The molecule has 1 atom stereocenters. The van der Waals surface area contributed by atoms with Gasteiger partial charge >= 0.3 is 12.0 Å². The van der Waals surface area contributed by atoms with E-state index in [1.54, 1.807) is 12.3 Å². The molecule has 1 fully saturated rings. The van der Waals surface area contributed by atoms with E-state index in [1.165, 1.54) is 31.4 Å². The number of imidazole rings is 1. The molecule has 0 radical (unpaired) electrons. The molecule has 12 heteroatoms. The van der Waals surface area contributed by atoms with Gasteiger partial charge in [0.25, 0.3) is 5.91 Å². The standard InChI is InChI=1S/C26H32F2N6O4/c1-38-25(37)31-17-9-10-18-20(12-17)34-24(36)26(27,28)11-3-2-4-19(22-30-14-21(18)32-22)33-23(35)16-7-5-15(13-29)6-8-16/h2-3,9-10,12,14-16,19H,4-8,11,13,29H2,1H3,(H,30,32)(H,31,37)(H,33,35)(H,34,36). The minimum absolute atomic E-state index is 0.0297. The summed E-state index contributed by atoms with van der Waals surface area (Å²) in [4.78, 5) is 44.9. The van der Waals surface area contributed by atoms with E-state index in [9.17, 15) is 23.2 Å². The van der Waals surface area contributed by atoms with Gasteiger partial charge in [-0.1, -0.05) is 12.2 Å². The van der Waals surface area contributed by atoms with Crippen LogP contribution in [-0.2, 0) is 14.3 Å². The largest absolute Gasteiger partial charge is 0.453 e. The van der Waals surface area contributed by atoms with Gasteiger partial charge < -0.3 is 26.1 Å². The number of hydrogen-bond donors (Lipinski definition) is 5. The lowest BCUT2D eigenvalue weighted by Gasteiger charge is -2.28. The maximum Gasteiger partial charge on any atom is 0.411 e. The fourth-order valence-electron chi connectivity index (χ4n) is 4.73. The van der Waals surface area contributed by atoms with Crippen molar-refractivity contribution in [2.45, 2.75) is 50.5 Å². The van der Waals surface area contributed by atoms with E-state index in [-0.39, 0.29) is 29.6 Å². The van der Waals surface area contributed by atoms with Gasteiger partial charge in [0.2, 0.25) is 5.91 Å². The van der Waals surface area contributed by atoms with Crippen LogP contribution < -0.4 is 21.7 Å². The summed E-state index contributed by atoms with van der Waals surface area (Å²) >= 11 is 0. The number of carbonyl (C=O) groups excluding carboxylic acids is 3. The van der Waals surface area contributed by atoms with Crippen LogP contribution in [-0.4, -0.2) is 47.5 Å². The number of nitrogens with one attached hydrogen (secondary N) is 4. The van der Waals surface area contributed by atoms with Gasteiger partial charge in [0.1, 0.15) is 5.82 Å². The Balaban J connectivity index is 1.64. The van der Waals surface area contributed by atoms with E-state index in [0.717, 1.165) is 25.7 Å². The molecule has 1 aromatic carbocycles. The average molecular weight is 531 g/mol. The number of ether oxygens (including phenoxy) is 1. The summed E-state index contributed by atoms with van der Waals surface area (Å²) in [6, 6.07) is 3.84. The number of alkyl halides is 2. The summed E-state index contributed by atoms with van der Waals surface area (Å²) in [5, 5.41) is 7.74. The third-order valence-electron chi connectivity index (χ3n) is 7.02. The monoisotopic (exact) mass is 530 g/mol. The first-order valence-corrected chi connectivity index (χ1v) is 12.6. The number of benzene rings is 1. The molecule has 6 N–H and O–H groups in total. The Kier molecular flexibility index (Phi) is 8.40. The minimum atomic E-state index is -3.69. The number of halogens is 2. The van der Waals surface area contributed by atoms with Crippen LogP contribution in [0, 0.1) is 11.8 Å². The van der Waals surface area contributed by atoms with Crippen LogP contribution in [0.4, 0.5) is 25.0 Å². The van der Waals surface area contributed by atoms with Crippen molar-refractivity contribution in [2.24, 2.45) is 17.6 Å². The highest BCUT2D eigenvalue weighted by atomic mass is 19.3. The van der Waals surface area contributed by atoms with Crippen LogP contribution in [0.5, 0.6) is 0 Å². The Morgan fingerprint density at radius 3 is 2.68 bits per heavy atom. The molecule has 0 spiro atoms. The number of aromatic amines is 1. The van der Waals surface area contributed by atoms with Crippen molar-refractivity contribution in [3.05, 3.63) is 42.4 Å². The Hall–Kier alpha value is -3.80. The number of aromatic nitrogens is 2. The average Bonchev–Trinajstić information content (AvgIpc) is 3.40. The molecule has 204 valence electrons. The molecule has 2 bridgehead atoms. The van der Waals surface area contributed by atoms with Crippen molar-refractivity contribution in [1.29, 1.82) is 0 Å². The summed E-state index contributed by atoms with van der Waals surface area (Å²) in [5.41, 5.74) is 6.75. The molecule has 1 aliphatic heterocycles. The van der Waals surface area contributed by atoms with Crippen molar-refractivity contribution in [2.75, 3.05) is 24.3 Å². The van der Waals surface area contributed by atoms with Crippen LogP contribution in [0.15, 0.2) is 36.5 Å². The van der Waals surface area contributed by atoms with Gasteiger partial charge in [-0.15, -0.1) is 0 Å². The number of fused-ring (bicyclic) bond motifs is 4. The molecular formula is C26H32F2N6O4. The van der Waals surface area contributed by atoms with E-state index in [2.05, 4.69) is 30.7 Å². The topological polar surface area (TPSA) is 151 Å². The van der Waals surface area contributed by atoms with Gasteiger partial charge in [-0.2, -0.15) is 8.78 Å². The first-order chi connectivity index (χ1) is 18.2. The summed E-state index contributed by atoms with van der Waals surface area (Å²) in [6.45, 7) is 0.612. The second-order valence-electron chi connectivity index (χ2n) is 9.63. The summed E-state index contributed by atoms with van der Waals surface area (Å²) in [6.07, 6.45) is 6.23. The SMILES string of the molecule is COC(=O)Nc1ccc2c(c1)NC(=O)C(F)(F)CC=CCC(NC(=O)C1CCC(CN)CC1)c1nc-2c[nH]1. The minimum Gasteiger partial charge on any atom is -0.453 e. The molecule has 0 saturated heterocycles. The van der Waals surface area contributed by atoms with Crippen molar-refractivity contribution in [1.82, 2.24) is 15.3 Å². The molecule has 38 heavy (non-hydrogen) atoms. The zero-order chi connectivity index (χ0) is 27.3. The van der Waals surface area contributed by atoms with Crippen LogP contribution in [0.2, 0.25) is 0 Å². The predicted octanol–water partition coefficient (Wildman–Crippen LogP) is 4.10. The van der Waals surface area contributed by atoms with E-state index in [1.807, 2.05) is 0 Å². The number of hydrogen-bond acceptors (Lipinski definition) is 6. The lowest BCUT2D eigenvalue weighted by molar-refractivity contribution is -0.139. The molecule has 2 aromatic rings. The van der Waals surface area contributed by atoms with E-state index in [0.29, 0.717) is 29.5 Å². The van der Waals surface area contributed by atoms with Gasteiger partial charge in [0.05, 0.1) is 24.5 Å². The third-order valence-corrected chi connectivity index (χ3v) is 7.02. The third kappa shape index (κ3) is 6.36. The molecule has 1 saturated carbocycles. The predicted molar refractivity (Wildman–Crippen MR) is 137 cm³/mol. The Bertz CT molecular complexity index is 1210. The van der Waals surface area contributed by atoms with Crippen molar-refractivity contribution in [3.8, 4) is 11.3 Å². The second-order valence-corrected chi connectivity index (χ2v) is 9.63. The quantitative estimate of drug-likeness (QED) is 0.376. The molecule has 1 aromatic heterocycles. The zero-order valence-electron chi connectivity index (χ0n) is 21.1. The molecule has 3 amide bonds. The smallest absolute Gasteiger partial charge is 0.411 e. The first kappa shape index (κ1) is 27.2. The van der Waals surface area contributed by atoms with Crippen LogP contribution in [0.1, 0.15) is 50.4 Å². The van der Waals surface area contributed by atoms with Gasteiger partial charge in [-0.25, -0.2) is 9.78 Å². The van der Waals surface area contributed by atoms with Gasteiger partial charge in [0, 0.05) is 29.8 Å². The van der Waals surface area contributed by atoms with E-state index < -0.39 is 30.4 Å². The Morgan fingerprint density at radius 1 is 1.21 bits per heavy atom. The highest BCUT2D eigenvalue weighted by Gasteiger charge is 2.38. The fraction of sp³-hybridized carbons (Fsp3) is 0.462. The molecule has 1 aliphatic carbocycles. The number of anilines is 2. The van der Waals surface area contributed by atoms with Crippen LogP contribution in [0.25, 0.3) is 11.3 Å². The van der Waals surface area contributed by atoms with Crippen molar-refractivity contribution < 1.29 is 27.9 Å². The Morgan fingerprint density at radius 2 is 1.97 bits per heavy atom. The number of H-pyrrole nitrogens is 1. The summed E-state index contributed by atoms with van der Waals surface area (Å²) in [7, 11) is 1.19. The molecule has 2 aliphatic rings. The maximum atomic E-state index is 14.7. The molecule has 10 nitrogen and oxygen atoms in total. The molecular weight excluding hydrogens is 498 g/mol. The number of allylic oxidation sites excluding steroid dienone is 1. The number of rotatable bonds is 4. The lowest BCUT2D eigenvalue weighted by Crippen LogP contribution is -2.36. The summed E-state index contributed by atoms with van der Waals surface area (Å²) in [5.74, 6) is -4.55. The molecule has 2 heterocycles. The first-order valence-electron chi connectivity index (χ1n) is 12.6. The van der Waals surface area contributed by atoms with E-state index >= 15 is 0 Å². The molecule has 4 rings (SSSR count). The number of amides is 3. The van der Waals surface area contributed by atoms with Gasteiger partial charge in [-0.3, -0.25) is 14.9 Å². The second kappa shape index (κ2) is 11.7. The van der Waals surface area contributed by atoms with Crippen molar-refractivity contribution in [3.63, 3.8) is 0 Å². The highest BCUT2D eigenvalue weighted by molar-refractivity contribution is 6.00.